The van der Waals surface area contributed by atoms with E-state index in [1.54, 1.807) is 6.07 Å². The van der Waals surface area contributed by atoms with E-state index in [0.29, 0.717) is 16.6 Å². The van der Waals surface area contributed by atoms with Crippen molar-refractivity contribution in [3.05, 3.63) is 28.8 Å². The monoisotopic (exact) mass is 237 g/mol. The number of carbonyl (C=O) groups excluding carboxylic acids is 1. The van der Waals surface area contributed by atoms with Gasteiger partial charge in [0.15, 0.2) is 6.29 Å². The van der Waals surface area contributed by atoms with Crippen molar-refractivity contribution in [3.8, 4) is 0 Å². The Hall–Kier alpha value is -1.02. The molecule has 1 aromatic rings. The maximum atomic E-state index is 11.1. The first-order valence-electron chi connectivity index (χ1n) is 5.74. The molecule has 1 unspecified atom stereocenters. The molecule has 0 radical (unpaired) electrons. The molecular weight excluding hydrogens is 222 g/mol. The van der Waals surface area contributed by atoms with Crippen LogP contribution in [-0.2, 0) is 0 Å². The first kappa shape index (κ1) is 11.5. The molecule has 0 aromatic heterocycles. The number of hydrogen-bond acceptors (Lipinski definition) is 2. The van der Waals surface area contributed by atoms with Crippen LogP contribution < -0.4 is 4.90 Å². The van der Waals surface area contributed by atoms with Gasteiger partial charge >= 0.3 is 0 Å². The highest BCUT2D eigenvalue weighted by molar-refractivity contribution is 6.33. The van der Waals surface area contributed by atoms with Gasteiger partial charge in [0.1, 0.15) is 0 Å². The van der Waals surface area contributed by atoms with Crippen molar-refractivity contribution in [2.75, 3.05) is 11.4 Å². The number of piperidine rings is 1. The third-order valence-corrected chi connectivity index (χ3v) is 3.59. The predicted molar refractivity (Wildman–Crippen MR) is 67.5 cm³/mol. The van der Waals surface area contributed by atoms with Crippen molar-refractivity contribution in [1.82, 2.24) is 0 Å². The Morgan fingerprint density at radius 2 is 2.25 bits per heavy atom. The van der Waals surface area contributed by atoms with Gasteiger partial charge in [0.2, 0.25) is 0 Å². The molecule has 0 bridgehead atoms. The number of carbonyl (C=O) groups is 1. The molecule has 0 aliphatic carbocycles. The van der Waals surface area contributed by atoms with Crippen molar-refractivity contribution in [2.24, 2.45) is 0 Å². The van der Waals surface area contributed by atoms with Gasteiger partial charge in [-0.2, -0.15) is 0 Å². The van der Waals surface area contributed by atoms with Gasteiger partial charge in [0.25, 0.3) is 0 Å². The first-order chi connectivity index (χ1) is 7.74. The average Bonchev–Trinajstić information content (AvgIpc) is 2.29. The molecule has 16 heavy (non-hydrogen) atoms. The van der Waals surface area contributed by atoms with E-state index in [1.807, 2.05) is 12.1 Å². The lowest BCUT2D eigenvalue weighted by molar-refractivity contribution is 0.112. The Kier molecular flexibility index (Phi) is 3.49. The Labute approximate surface area is 101 Å². The van der Waals surface area contributed by atoms with Gasteiger partial charge in [-0.05, 0) is 38.3 Å². The third kappa shape index (κ3) is 2.07. The Bertz CT molecular complexity index is 392. The van der Waals surface area contributed by atoms with E-state index in [0.717, 1.165) is 18.5 Å². The second-order valence-corrected chi connectivity index (χ2v) is 4.74. The molecule has 1 heterocycles. The minimum atomic E-state index is 0.492. The topological polar surface area (TPSA) is 20.3 Å². The molecule has 1 aromatic carbocycles. The van der Waals surface area contributed by atoms with Gasteiger partial charge in [0, 0.05) is 18.3 Å². The molecule has 1 saturated heterocycles. The predicted octanol–water partition coefficient (Wildman–Crippen LogP) is 3.53. The van der Waals surface area contributed by atoms with Crippen LogP contribution in [0.5, 0.6) is 0 Å². The summed E-state index contributed by atoms with van der Waals surface area (Å²) in [6.07, 6.45) is 4.51. The molecule has 2 nitrogen and oxygen atoms in total. The van der Waals surface area contributed by atoms with E-state index in [2.05, 4.69) is 11.8 Å². The summed E-state index contributed by atoms with van der Waals surface area (Å²) in [6, 6.07) is 6.15. The Balaban J connectivity index is 2.38. The fourth-order valence-electron chi connectivity index (χ4n) is 2.35. The van der Waals surface area contributed by atoms with Crippen LogP contribution in [0.1, 0.15) is 36.5 Å². The SMILES string of the molecule is CC1CCCCN1c1cccc(Cl)c1C=O. The van der Waals surface area contributed by atoms with Crippen molar-refractivity contribution in [1.29, 1.82) is 0 Å². The zero-order chi connectivity index (χ0) is 11.5. The molecule has 0 spiro atoms. The summed E-state index contributed by atoms with van der Waals surface area (Å²) in [4.78, 5) is 13.4. The summed E-state index contributed by atoms with van der Waals surface area (Å²) in [5.74, 6) is 0. The van der Waals surface area contributed by atoms with Crippen LogP contribution in [0.15, 0.2) is 18.2 Å². The van der Waals surface area contributed by atoms with Gasteiger partial charge < -0.3 is 4.90 Å². The standard InChI is InChI=1S/C13H16ClNO/c1-10-5-2-3-8-15(10)13-7-4-6-12(14)11(13)9-16/h4,6-7,9-10H,2-3,5,8H2,1H3. The van der Waals surface area contributed by atoms with Gasteiger partial charge in [0.05, 0.1) is 10.6 Å². The highest BCUT2D eigenvalue weighted by Crippen LogP contribution is 2.30. The summed E-state index contributed by atoms with van der Waals surface area (Å²) in [6.45, 7) is 3.22. The second kappa shape index (κ2) is 4.88. The van der Waals surface area contributed by atoms with Crippen LogP contribution >= 0.6 is 11.6 Å². The van der Waals surface area contributed by atoms with Gasteiger partial charge in [-0.15, -0.1) is 0 Å². The molecule has 2 rings (SSSR count). The number of anilines is 1. The fraction of sp³-hybridized carbons (Fsp3) is 0.462. The van der Waals surface area contributed by atoms with E-state index in [-0.39, 0.29) is 0 Å². The summed E-state index contributed by atoms with van der Waals surface area (Å²) < 4.78 is 0. The van der Waals surface area contributed by atoms with Crippen LogP contribution in [0.3, 0.4) is 0 Å². The van der Waals surface area contributed by atoms with Crippen molar-refractivity contribution in [3.63, 3.8) is 0 Å². The number of benzene rings is 1. The molecule has 1 fully saturated rings. The van der Waals surface area contributed by atoms with Crippen LogP contribution in [0.4, 0.5) is 5.69 Å². The quantitative estimate of drug-likeness (QED) is 0.734. The Morgan fingerprint density at radius 3 is 2.94 bits per heavy atom. The first-order valence-corrected chi connectivity index (χ1v) is 6.12. The lowest BCUT2D eigenvalue weighted by Gasteiger charge is -2.36. The lowest BCUT2D eigenvalue weighted by Crippen LogP contribution is -2.38. The molecule has 0 saturated carbocycles. The van der Waals surface area contributed by atoms with E-state index < -0.39 is 0 Å². The maximum absolute atomic E-state index is 11.1. The van der Waals surface area contributed by atoms with Crippen LogP contribution in [0.2, 0.25) is 5.02 Å². The number of nitrogens with zero attached hydrogens (tertiary/aromatic N) is 1. The molecule has 86 valence electrons. The third-order valence-electron chi connectivity index (χ3n) is 3.26. The van der Waals surface area contributed by atoms with Gasteiger partial charge in [-0.1, -0.05) is 17.7 Å². The van der Waals surface area contributed by atoms with Crippen molar-refractivity contribution in [2.45, 2.75) is 32.2 Å². The number of aldehydes is 1. The summed E-state index contributed by atoms with van der Waals surface area (Å²) in [7, 11) is 0. The van der Waals surface area contributed by atoms with E-state index >= 15 is 0 Å². The van der Waals surface area contributed by atoms with E-state index in [9.17, 15) is 4.79 Å². The zero-order valence-corrected chi connectivity index (χ0v) is 10.2. The van der Waals surface area contributed by atoms with Crippen molar-refractivity contribution < 1.29 is 4.79 Å². The number of hydrogen-bond donors (Lipinski definition) is 0. The average molecular weight is 238 g/mol. The summed E-state index contributed by atoms with van der Waals surface area (Å²) >= 11 is 6.04. The zero-order valence-electron chi connectivity index (χ0n) is 9.45. The minimum absolute atomic E-state index is 0.492. The maximum Gasteiger partial charge on any atom is 0.153 e. The van der Waals surface area contributed by atoms with E-state index in [4.69, 9.17) is 11.6 Å². The molecule has 0 amide bonds. The van der Waals surface area contributed by atoms with Crippen molar-refractivity contribution >= 4 is 23.6 Å². The molecule has 3 heteroatoms. The summed E-state index contributed by atoms with van der Waals surface area (Å²) in [5.41, 5.74) is 1.60. The number of rotatable bonds is 2. The van der Waals surface area contributed by atoms with Gasteiger partial charge in [-0.25, -0.2) is 0 Å². The highest BCUT2D eigenvalue weighted by atomic mass is 35.5. The lowest BCUT2D eigenvalue weighted by atomic mass is 10.0. The molecule has 1 aliphatic rings. The van der Waals surface area contributed by atoms with Crippen LogP contribution in [-0.4, -0.2) is 18.9 Å². The second-order valence-electron chi connectivity index (χ2n) is 4.33. The highest BCUT2D eigenvalue weighted by Gasteiger charge is 2.21. The normalized spacial score (nSPS) is 20.9. The van der Waals surface area contributed by atoms with Crippen LogP contribution in [0.25, 0.3) is 0 Å². The molecule has 1 aliphatic heterocycles. The molecular formula is C13H16ClNO. The Morgan fingerprint density at radius 1 is 1.44 bits per heavy atom. The minimum Gasteiger partial charge on any atom is -0.368 e. The molecule has 0 N–H and O–H groups in total. The van der Waals surface area contributed by atoms with Gasteiger partial charge in [-0.3, -0.25) is 4.79 Å². The smallest absolute Gasteiger partial charge is 0.153 e. The largest absolute Gasteiger partial charge is 0.368 e. The fourth-order valence-corrected chi connectivity index (χ4v) is 2.56. The van der Waals surface area contributed by atoms with Crippen LogP contribution in [0, 0.1) is 0 Å². The number of halogens is 1. The molecule has 1 atom stereocenters. The van der Waals surface area contributed by atoms with E-state index in [1.165, 1.54) is 19.3 Å². The summed E-state index contributed by atoms with van der Waals surface area (Å²) in [5, 5.41) is 0.547.